The van der Waals surface area contributed by atoms with E-state index < -0.39 is 57.3 Å². The summed E-state index contributed by atoms with van der Waals surface area (Å²) in [6, 6.07) is 13.3. The van der Waals surface area contributed by atoms with Crippen molar-refractivity contribution in [3.63, 3.8) is 0 Å². The van der Waals surface area contributed by atoms with Crippen molar-refractivity contribution in [3.05, 3.63) is 93.8 Å². The van der Waals surface area contributed by atoms with E-state index in [4.69, 9.17) is 0 Å². The summed E-state index contributed by atoms with van der Waals surface area (Å²) >= 11 is 0. The number of nitrogens with zero attached hydrogens (tertiary/aromatic N) is 4. The number of carboxylic acid groups (broad SMARTS) is 1. The van der Waals surface area contributed by atoms with Crippen LogP contribution < -0.4 is 20.0 Å². The van der Waals surface area contributed by atoms with Crippen LogP contribution in [0.25, 0.3) is 16.6 Å². The lowest BCUT2D eigenvalue weighted by molar-refractivity contribution is -0.274. The number of alkyl halides is 3. The van der Waals surface area contributed by atoms with Gasteiger partial charge in [-0.05, 0) is 74.0 Å². The van der Waals surface area contributed by atoms with E-state index in [0.717, 1.165) is 48.3 Å². The fourth-order valence-corrected chi connectivity index (χ4v) is 6.08. The number of aromatic carboxylic acids is 1. The van der Waals surface area contributed by atoms with E-state index in [1.54, 1.807) is 36.4 Å². The molecule has 45 heavy (non-hydrogen) atoms. The van der Waals surface area contributed by atoms with Crippen molar-refractivity contribution in [2.24, 2.45) is 0 Å². The summed E-state index contributed by atoms with van der Waals surface area (Å²) < 4.78 is 76.8. The van der Waals surface area contributed by atoms with Gasteiger partial charge in [0.15, 0.2) is 11.6 Å². The molecule has 0 bridgehead atoms. The van der Waals surface area contributed by atoms with Gasteiger partial charge in [-0.1, -0.05) is 12.1 Å². The number of rotatable bonds is 7. The number of pyridine rings is 1. The molecule has 0 atom stereocenters. The Morgan fingerprint density at radius 2 is 1.44 bits per heavy atom. The first-order valence-corrected chi connectivity index (χ1v) is 14.5. The standard InChI is InChI=1S/C32H29F5N4O4/c33-21-5-9-22(10-6-21)39-13-15-40(16-14-39)28-26(34)17-24-27(30(28)45-32(35,36)37)41(19-25(29(24)42)31(43)44)23-7-3-20(4-8-23)18-38-11-1-2-12-38/h3-10,17,19H,1-2,11-16,18H2,(H,43,44). The molecule has 0 saturated carbocycles. The normalized spacial score (nSPS) is 16.0. The Labute approximate surface area is 254 Å². The molecule has 2 saturated heterocycles. The van der Waals surface area contributed by atoms with E-state index in [0.29, 0.717) is 12.2 Å². The van der Waals surface area contributed by atoms with Crippen molar-refractivity contribution < 1.29 is 36.6 Å². The van der Waals surface area contributed by atoms with Crippen molar-refractivity contribution in [1.29, 1.82) is 0 Å². The summed E-state index contributed by atoms with van der Waals surface area (Å²) in [6.07, 6.45) is -2.12. The van der Waals surface area contributed by atoms with Crippen LogP contribution in [0.15, 0.2) is 65.6 Å². The quantitative estimate of drug-likeness (QED) is 0.260. The lowest BCUT2D eigenvalue weighted by Gasteiger charge is -2.38. The van der Waals surface area contributed by atoms with Crippen LogP contribution in [0.5, 0.6) is 5.75 Å². The Hall–Kier alpha value is -4.65. The van der Waals surface area contributed by atoms with Gasteiger partial charge in [-0.3, -0.25) is 9.69 Å². The number of halogens is 5. The SMILES string of the molecule is O=C(O)c1cn(-c2ccc(CN3CCCC3)cc2)c2c(OC(F)(F)F)c(N3CCN(c4ccc(F)cc4)CC3)c(F)cc2c1=O. The molecule has 0 unspecified atom stereocenters. The number of likely N-dealkylation sites (tertiary alicyclic amines) is 1. The van der Waals surface area contributed by atoms with Crippen LogP contribution in [-0.2, 0) is 6.54 Å². The highest BCUT2D eigenvalue weighted by molar-refractivity contribution is 5.98. The van der Waals surface area contributed by atoms with E-state index in [1.807, 2.05) is 4.90 Å². The average molecular weight is 629 g/mol. The molecule has 13 heteroatoms. The lowest BCUT2D eigenvalue weighted by atomic mass is 10.1. The number of ether oxygens (including phenoxy) is 1. The van der Waals surface area contributed by atoms with E-state index in [1.165, 1.54) is 17.0 Å². The van der Waals surface area contributed by atoms with Gasteiger partial charge in [0, 0.05) is 50.3 Å². The van der Waals surface area contributed by atoms with Gasteiger partial charge in [0.25, 0.3) is 0 Å². The second-order valence-corrected chi connectivity index (χ2v) is 11.1. The summed E-state index contributed by atoms with van der Waals surface area (Å²) in [5, 5.41) is 9.19. The molecule has 0 amide bonds. The fraction of sp³-hybridized carbons (Fsp3) is 0.312. The second-order valence-electron chi connectivity index (χ2n) is 11.1. The molecule has 2 aliphatic rings. The first kappa shape index (κ1) is 30.4. The van der Waals surface area contributed by atoms with E-state index in [-0.39, 0.29) is 31.9 Å². The summed E-state index contributed by atoms with van der Waals surface area (Å²) in [6.45, 7) is 3.30. The molecule has 2 fully saturated rings. The van der Waals surface area contributed by atoms with Crippen molar-refractivity contribution in [1.82, 2.24) is 9.47 Å². The smallest absolute Gasteiger partial charge is 0.477 e. The minimum absolute atomic E-state index is 0.0800. The molecule has 1 aromatic heterocycles. The Morgan fingerprint density at radius 1 is 0.844 bits per heavy atom. The van der Waals surface area contributed by atoms with Crippen LogP contribution in [0.2, 0.25) is 0 Å². The van der Waals surface area contributed by atoms with Gasteiger partial charge < -0.3 is 24.2 Å². The third-order valence-corrected chi connectivity index (χ3v) is 8.23. The molecular formula is C32H29F5N4O4. The van der Waals surface area contributed by atoms with Crippen molar-refractivity contribution in [2.45, 2.75) is 25.7 Å². The molecule has 236 valence electrons. The van der Waals surface area contributed by atoms with Crippen LogP contribution >= 0.6 is 0 Å². The first-order valence-electron chi connectivity index (χ1n) is 14.5. The largest absolute Gasteiger partial charge is 0.573 e. The zero-order chi connectivity index (χ0) is 31.9. The third-order valence-electron chi connectivity index (χ3n) is 8.23. The highest BCUT2D eigenvalue weighted by atomic mass is 19.4. The number of piperazine rings is 1. The van der Waals surface area contributed by atoms with Crippen LogP contribution in [-0.4, -0.2) is 66.2 Å². The van der Waals surface area contributed by atoms with Gasteiger partial charge in [0.1, 0.15) is 22.6 Å². The topological polar surface area (TPSA) is 78.2 Å². The Kier molecular flexibility index (Phi) is 8.12. The van der Waals surface area contributed by atoms with Crippen LogP contribution in [0.4, 0.5) is 33.3 Å². The van der Waals surface area contributed by atoms with Gasteiger partial charge in [-0.25, -0.2) is 13.6 Å². The fourth-order valence-electron chi connectivity index (χ4n) is 6.08. The number of benzene rings is 3. The average Bonchev–Trinajstić information content (AvgIpc) is 3.51. The number of carboxylic acids is 1. The lowest BCUT2D eigenvalue weighted by Crippen LogP contribution is -2.47. The molecule has 0 spiro atoms. The number of hydrogen-bond acceptors (Lipinski definition) is 6. The van der Waals surface area contributed by atoms with Crippen molar-refractivity contribution >= 4 is 28.2 Å². The molecular weight excluding hydrogens is 599 g/mol. The number of fused-ring (bicyclic) bond motifs is 1. The maximum Gasteiger partial charge on any atom is 0.573 e. The zero-order valence-electron chi connectivity index (χ0n) is 24.0. The van der Waals surface area contributed by atoms with Crippen molar-refractivity contribution in [3.8, 4) is 11.4 Å². The Balaban J connectivity index is 1.47. The molecule has 1 N–H and O–H groups in total. The molecule has 2 aliphatic heterocycles. The highest BCUT2D eigenvalue weighted by Crippen LogP contribution is 2.42. The molecule has 3 aromatic carbocycles. The summed E-state index contributed by atoms with van der Waals surface area (Å²) in [4.78, 5) is 30.8. The number of aromatic nitrogens is 1. The molecule has 8 nitrogen and oxygen atoms in total. The predicted octanol–water partition coefficient (Wildman–Crippen LogP) is 5.79. The third kappa shape index (κ3) is 6.30. The van der Waals surface area contributed by atoms with Gasteiger partial charge in [-0.15, -0.1) is 13.2 Å². The van der Waals surface area contributed by atoms with Gasteiger partial charge >= 0.3 is 12.3 Å². The number of carbonyl (C=O) groups is 1. The zero-order valence-corrected chi connectivity index (χ0v) is 24.0. The number of anilines is 2. The van der Waals surface area contributed by atoms with Crippen LogP contribution in [0, 0.1) is 11.6 Å². The van der Waals surface area contributed by atoms with Crippen LogP contribution in [0.1, 0.15) is 28.8 Å². The van der Waals surface area contributed by atoms with Crippen molar-refractivity contribution in [2.75, 3.05) is 49.1 Å². The highest BCUT2D eigenvalue weighted by Gasteiger charge is 2.37. The molecule has 0 aliphatic carbocycles. The monoisotopic (exact) mass is 628 g/mol. The number of hydrogen-bond donors (Lipinski definition) is 1. The maximum atomic E-state index is 15.9. The van der Waals surface area contributed by atoms with E-state index in [2.05, 4.69) is 9.64 Å². The molecule has 6 rings (SSSR count). The predicted molar refractivity (Wildman–Crippen MR) is 158 cm³/mol. The molecule has 3 heterocycles. The summed E-state index contributed by atoms with van der Waals surface area (Å²) in [7, 11) is 0. The Bertz CT molecular complexity index is 1780. The van der Waals surface area contributed by atoms with Crippen LogP contribution in [0.3, 0.4) is 0 Å². The van der Waals surface area contributed by atoms with Gasteiger partial charge in [0.05, 0.1) is 5.39 Å². The molecule has 4 aromatic rings. The Morgan fingerprint density at radius 3 is 2.04 bits per heavy atom. The van der Waals surface area contributed by atoms with E-state index >= 15 is 4.39 Å². The maximum absolute atomic E-state index is 15.9. The second kappa shape index (κ2) is 12.0. The summed E-state index contributed by atoms with van der Waals surface area (Å²) in [5.74, 6) is -4.13. The minimum Gasteiger partial charge on any atom is -0.477 e. The minimum atomic E-state index is -5.27. The first-order chi connectivity index (χ1) is 21.5. The summed E-state index contributed by atoms with van der Waals surface area (Å²) in [5.41, 5.74) is -0.877. The van der Waals surface area contributed by atoms with Gasteiger partial charge in [-0.2, -0.15) is 0 Å². The van der Waals surface area contributed by atoms with Gasteiger partial charge in [0.2, 0.25) is 5.43 Å². The van der Waals surface area contributed by atoms with E-state index in [9.17, 15) is 32.3 Å². The molecule has 0 radical (unpaired) electrons.